The van der Waals surface area contributed by atoms with Gasteiger partial charge in [-0.15, -0.1) is 0 Å². The van der Waals surface area contributed by atoms with Crippen LogP contribution in [0.15, 0.2) is 24.3 Å². The highest BCUT2D eigenvalue weighted by Gasteiger charge is 2.38. The molecule has 1 unspecified atom stereocenters. The largest absolute Gasteiger partial charge is 0.493 e. The predicted molar refractivity (Wildman–Crippen MR) is 122 cm³/mol. The van der Waals surface area contributed by atoms with Crippen molar-refractivity contribution in [3.8, 4) is 17.2 Å². The Morgan fingerprint density at radius 1 is 1.21 bits per heavy atom. The van der Waals surface area contributed by atoms with E-state index in [2.05, 4.69) is 0 Å². The highest BCUT2D eigenvalue weighted by atomic mass is 35.5. The first-order valence-corrected chi connectivity index (χ1v) is 11.3. The van der Waals surface area contributed by atoms with Crippen molar-refractivity contribution in [2.45, 2.75) is 57.5 Å². The topological polar surface area (TPSA) is 125 Å². The van der Waals surface area contributed by atoms with Crippen LogP contribution >= 0.6 is 11.6 Å². The molecule has 0 spiro atoms. The maximum atomic E-state index is 12.4. The zero-order valence-electron chi connectivity index (χ0n) is 18.9. The summed E-state index contributed by atoms with van der Waals surface area (Å²) in [5.41, 5.74) is -0.0690. The van der Waals surface area contributed by atoms with E-state index in [-0.39, 0.29) is 34.6 Å². The van der Waals surface area contributed by atoms with Gasteiger partial charge in [0.1, 0.15) is 11.4 Å². The van der Waals surface area contributed by atoms with Gasteiger partial charge in [0.2, 0.25) is 5.75 Å². The Morgan fingerprint density at radius 3 is 2.50 bits per heavy atom. The molecule has 0 radical (unpaired) electrons. The highest BCUT2D eigenvalue weighted by molar-refractivity contribution is 6.32. The molecule has 1 saturated carbocycles. The number of ether oxygens (including phenoxy) is 3. The summed E-state index contributed by atoms with van der Waals surface area (Å²) in [6.07, 6.45) is 1.99. The number of fused-ring (bicyclic) bond motifs is 1. The normalized spacial score (nSPS) is 17.4. The van der Waals surface area contributed by atoms with Crippen LogP contribution < -0.4 is 9.47 Å². The number of halogens is 1. The molecule has 180 valence electrons. The molecule has 4 rings (SSSR count). The maximum Gasteiger partial charge on any atom is 0.338 e. The molecule has 0 bridgehead atoms. The number of carbonyl (C=O) groups is 2. The molecule has 2 aromatic carbocycles. The number of aliphatic carboxylic acids is 1. The summed E-state index contributed by atoms with van der Waals surface area (Å²) in [5, 5.41) is 21.6. The molecule has 34 heavy (non-hydrogen) atoms. The van der Waals surface area contributed by atoms with Crippen molar-refractivity contribution < 1.29 is 33.8 Å². The molecule has 2 aliphatic rings. The second-order valence-electron chi connectivity index (χ2n) is 9.37. The second-order valence-corrected chi connectivity index (χ2v) is 9.77. The van der Waals surface area contributed by atoms with Gasteiger partial charge in [-0.25, -0.2) is 4.79 Å². The molecule has 0 aromatic heterocycles. The van der Waals surface area contributed by atoms with Crippen molar-refractivity contribution in [3.05, 3.63) is 56.1 Å². The number of nitro benzene ring substituents is 1. The Hall–Kier alpha value is -3.33. The first kappa shape index (κ1) is 23.8. The molecule has 1 N–H and O–H groups in total. The van der Waals surface area contributed by atoms with E-state index in [0.29, 0.717) is 23.3 Å². The molecule has 1 atom stereocenters. The van der Waals surface area contributed by atoms with Crippen molar-refractivity contribution in [3.63, 3.8) is 0 Å². The first-order chi connectivity index (χ1) is 16.0. The summed E-state index contributed by atoms with van der Waals surface area (Å²) in [4.78, 5) is 35.3. The van der Waals surface area contributed by atoms with Crippen molar-refractivity contribution in [2.75, 3.05) is 6.61 Å². The number of carbonyl (C=O) groups excluding carboxylic acids is 1. The minimum Gasteiger partial charge on any atom is -0.493 e. The molecule has 1 heterocycles. The lowest BCUT2D eigenvalue weighted by Gasteiger charge is -2.27. The molecule has 1 aliphatic heterocycles. The Balaban J connectivity index is 1.76. The summed E-state index contributed by atoms with van der Waals surface area (Å²) in [6.45, 7) is 5.33. The third kappa shape index (κ3) is 4.79. The smallest absolute Gasteiger partial charge is 0.338 e. The zero-order chi connectivity index (χ0) is 24.8. The quantitative estimate of drug-likeness (QED) is 0.305. The van der Waals surface area contributed by atoms with Crippen molar-refractivity contribution in [2.24, 2.45) is 0 Å². The fourth-order valence-corrected chi connectivity index (χ4v) is 4.19. The molecule has 10 heteroatoms. The molecular formula is C24H24ClNO8. The van der Waals surface area contributed by atoms with Crippen molar-refractivity contribution in [1.82, 2.24) is 0 Å². The number of carboxylic acids is 1. The van der Waals surface area contributed by atoms with E-state index in [1.165, 1.54) is 18.2 Å². The summed E-state index contributed by atoms with van der Waals surface area (Å²) in [7, 11) is 0. The monoisotopic (exact) mass is 489 g/mol. The van der Waals surface area contributed by atoms with Crippen LogP contribution in [0.3, 0.4) is 0 Å². The Labute approximate surface area is 200 Å². The Kier molecular flexibility index (Phi) is 6.16. The Bertz CT molecular complexity index is 1180. The van der Waals surface area contributed by atoms with Crippen LogP contribution in [-0.4, -0.2) is 34.2 Å². The van der Waals surface area contributed by atoms with Crippen LogP contribution in [0.5, 0.6) is 17.2 Å². The number of esters is 1. The maximum absolute atomic E-state index is 12.4. The van der Waals surface area contributed by atoms with Gasteiger partial charge in [0.05, 0.1) is 28.0 Å². The molecule has 2 aromatic rings. The van der Waals surface area contributed by atoms with Crippen molar-refractivity contribution in [1.29, 1.82) is 0 Å². The van der Waals surface area contributed by atoms with Gasteiger partial charge in [-0.2, -0.15) is 0 Å². The molecule has 0 amide bonds. The van der Waals surface area contributed by atoms with Crippen molar-refractivity contribution >= 4 is 29.2 Å². The zero-order valence-corrected chi connectivity index (χ0v) is 19.7. The summed E-state index contributed by atoms with van der Waals surface area (Å²) in [6, 6.07) is 5.31. The van der Waals surface area contributed by atoms with E-state index in [1.54, 1.807) is 20.8 Å². The number of benzene rings is 2. The van der Waals surface area contributed by atoms with Gasteiger partial charge in [-0.1, -0.05) is 11.6 Å². The van der Waals surface area contributed by atoms with E-state index in [4.69, 9.17) is 25.8 Å². The third-order valence-electron chi connectivity index (χ3n) is 5.56. The average Bonchev–Trinajstić information content (AvgIpc) is 3.57. The van der Waals surface area contributed by atoms with Crippen LogP contribution in [0.4, 0.5) is 5.69 Å². The number of carboxylic acid groups (broad SMARTS) is 1. The van der Waals surface area contributed by atoms with E-state index in [1.807, 2.05) is 0 Å². The SMILES string of the molecule is CC(C)(C)OC(=O)c1ccc(Oc2c(Cl)cc3c(c2C2CC2)OCCC3C(=O)O)c([N+](=O)[O-])c1. The average molecular weight is 490 g/mol. The Morgan fingerprint density at radius 2 is 1.91 bits per heavy atom. The van der Waals surface area contributed by atoms with Crippen LogP contribution in [0.2, 0.25) is 5.02 Å². The number of hydrogen-bond donors (Lipinski definition) is 1. The summed E-state index contributed by atoms with van der Waals surface area (Å²) >= 11 is 6.53. The second kappa shape index (κ2) is 8.79. The first-order valence-electron chi connectivity index (χ1n) is 10.9. The van der Waals surface area contributed by atoms with Gasteiger partial charge in [0.15, 0.2) is 5.75 Å². The third-order valence-corrected chi connectivity index (χ3v) is 5.85. The number of nitro groups is 1. The lowest BCUT2D eigenvalue weighted by molar-refractivity contribution is -0.385. The van der Waals surface area contributed by atoms with E-state index >= 15 is 0 Å². The minimum atomic E-state index is -0.968. The number of nitrogens with zero attached hydrogens (tertiary/aromatic N) is 1. The molecule has 1 fully saturated rings. The molecule has 0 saturated heterocycles. The molecule has 1 aliphatic carbocycles. The van der Waals surface area contributed by atoms with E-state index in [0.717, 1.165) is 18.9 Å². The predicted octanol–water partition coefficient (Wildman–Crippen LogP) is 5.82. The van der Waals surface area contributed by atoms with Gasteiger partial charge < -0.3 is 19.3 Å². The van der Waals surface area contributed by atoms with Gasteiger partial charge in [0, 0.05) is 17.2 Å². The summed E-state index contributed by atoms with van der Waals surface area (Å²) in [5.74, 6) is -1.85. The summed E-state index contributed by atoms with van der Waals surface area (Å²) < 4.78 is 17.1. The number of rotatable bonds is 6. The van der Waals surface area contributed by atoms with E-state index < -0.39 is 34.1 Å². The fraction of sp³-hybridized carbons (Fsp3) is 0.417. The van der Waals surface area contributed by atoms with Gasteiger partial charge >= 0.3 is 17.6 Å². The van der Waals surface area contributed by atoms with E-state index in [9.17, 15) is 24.8 Å². The van der Waals surface area contributed by atoms with Gasteiger partial charge in [-0.3, -0.25) is 14.9 Å². The van der Waals surface area contributed by atoms with Crippen LogP contribution in [0, 0.1) is 10.1 Å². The van der Waals surface area contributed by atoms with Crippen LogP contribution in [0.25, 0.3) is 0 Å². The standard InChI is InChI=1S/C24H24ClNO8/c1-24(2,3)34-23(29)13-6-7-18(17(10-13)26(30)31)33-21-16(25)11-15-14(22(27)28)8-9-32-20(15)19(21)12-4-5-12/h6-7,10-12,14H,4-5,8-9H2,1-3H3,(H,27,28). The molecule has 9 nitrogen and oxygen atoms in total. The van der Waals surface area contributed by atoms with Gasteiger partial charge in [-0.05, 0) is 64.2 Å². The highest BCUT2D eigenvalue weighted by Crippen LogP contribution is 2.55. The van der Waals surface area contributed by atoms with Crippen LogP contribution in [-0.2, 0) is 9.53 Å². The molecular weight excluding hydrogens is 466 g/mol. The fourth-order valence-electron chi connectivity index (χ4n) is 3.93. The van der Waals surface area contributed by atoms with Crippen LogP contribution in [0.1, 0.15) is 73.4 Å². The lowest BCUT2D eigenvalue weighted by Crippen LogP contribution is -2.23. The lowest BCUT2D eigenvalue weighted by atomic mass is 9.90. The number of hydrogen-bond acceptors (Lipinski definition) is 7. The van der Waals surface area contributed by atoms with Gasteiger partial charge in [0.25, 0.3) is 0 Å². The minimum absolute atomic E-state index is 0.0144.